The molecule has 0 aliphatic heterocycles. The van der Waals surface area contributed by atoms with Gasteiger partial charge in [-0.15, -0.1) is 0 Å². The van der Waals surface area contributed by atoms with E-state index >= 15 is 0 Å². The van der Waals surface area contributed by atoms with E-state index in [1.807, 2.05) is 112 Å². The van der Waals surface area contributed by atoms with Crippen LogP contribution in [0, 0.1) is 0 Å². The molecule has 4 rings (SSSR count). The molecule has 0 fully saturated rings. The number of hydrogen-bond donors (Lipinski definition) is 1. The molecular formula is C31H38N2O3. The van der Waals surface area contributed by atoms with Crippen LogP contribution in [0.2, 0.25) is 0 Å². The number of carbonyl (C=O) groups is 2. The second-order valence-corrected chi connectivity index (χ2v) is 7.93. The van der Waals surface area contributed by atoms with Crippen molar-refractivity contribution in [1.29, 1.82) is 0 Å². The average molecular weight is 487 g/mol. The first-order valence-electron chi connectivity index (χ1n) is 12.6. The van der Waals surface area contributed by atoms with Crippen molar-refractivity contribution in [3.63, 3.8) is 0 Å². The van der Waals surface area contributed by atoms with Gasteiger partial charge in [0, 0.05) is 30.6 Å². The van der Waals surface area contributed by atoms with Crippen LogP contribution < -0.4 is 5.32 Å². The van der Waals surface area contributed by atoms with E-state index in [0.717, 1.165) is 33.2 Å². The molecule has 190 valence electrons. The summed E-state index contributed by atoms with van der Waals surface area (Å²) < 4.78 is 7.40. The van der Waals surface area contributed by atoms with Crippen molar-refractivity contribution in [2.24, 2.45) is 7.05 Å². The Morgan fingerprint density at radius 1 is 0.833 bits per heavy atom. The number of carbonyl (C=O) groups excluding carboxylic acids is 2. The first-order chi connectivity index (χ1) is 17.5. The molecule has 4 aromatic rings. The standard InChI is InChI=1S/C27H26N2O3.2C2H6/c1-19(30)25(16-23-17-29(2)26-11-7-6-10-24(23)26)28-27(31)32-18-20-12-14-22(15-13-20)21-8-4-3-5-9-21;2*1-2/h3-15,17,25H,16,18H2,1-2H3,(H,28,31);2*1-2H3. The predicted molar refractivity (Wildman–Crippen MR) is 149 cm³/mol. The molecule has 0 aliphatic carbocycles. The number of nitrogens with zero attached hydrogens (tertiary/aromatic N) is 1. The van der Waals surface area contributed by atoms with Crippen molar-refractivity contribution in [2.45, 2.75) is 53.7 Å². The lowest BCUT2D eigenvalue weighted by Crippen LogP contribution is -2.41. The summed E-state index contributed by atoms with van der Waals surface area (Å²) in [6.07, 6.45) is 1.82. The molecule has 5 nitrogen and oxygen atoms in total. The summed E-state index contributed by atoms with van der Waals surface area (Å²) in [6, 6.07) is 25.3. The van der Waals surface area contributed by atoms with Gasteiger partial charge in [-0.25, -0.2) is 4.79 Å². The molecule has 0 saturated carbocycles. The summed E-state index contributed by atoms with van der Waals surface area (Å²) in [5.74, 6) is -0.109. The lowest BCUT2D eigenvalue weighted by Gasteiger charge is -2.16. The summed E-state index contributed by atoms with van der Waals surface area (Å²) in [5, 5.41) is 3.81. The van der Waals surface area contributed by atoms with Gasteiger partial charge < -0.3 is 14.6 Å². The van der Waals surface area contributed by atoms with E-state index in [4.69, 9.17) is 4.74 Å². The van der Waals surface area contributed by atoms with Gasteiger partial charge in [-0.05, 0) is 35.2 Å². The van der Waals surface area contributed by atoms with E-state index in [1.54, 1.807) is 0 Å². The minimum absolute atomic E-state index is 0.109. The van der Waals surface area contributed by atoms with Gasteiger partial charge in [0.05, 0.1) is 6.04 Å². The van der Waals surface area contributed by atoms with Crippen molar-refractivity contribution in [3.8, 4) is 11.1 Å². The number of rotatable bonds is 7. The van der Waals surface area contributed by atoms with Gasteiger partial charge in [-0.1, -0.05) is 100 Å². The van der Waals surface area contributed by atoms with Crippen LogP contribution in [0.25, 0.3) is 22.0 Å². The Kier molecular flexibility index (Phi) is 11.4. The zero-order chi connectivity index (χ0) is 26.5. The van der Waals surface area contributed by atoms with Crippen LogP contribution in [0.15, 0.2) is 85.1 Å². The van der Waals surface area contributed by atoms with Crippen molar-refractivity contribution in [3.05, 3.63) is 96.2 Å². The molecule has 36 heavy (non-hydrogen) atoms. The summed E-state index contributed by atoms with van der Waals surface area (Å²) in [6.45, 7) is 9.62. The van der Waals surface area contributed by atoms with Gasteiger partial charge in [0.2, 0.25) is 0 Å². The van der Waals surface area contributed by atoms with E-state index in [9.17, 15) is 9.59 Å². The first kappa shape index (κ1) is 28.4. The summed E-state index contributed by atoms with van der Waals surface area (Å²) >= 11 is 0. The first-order valence-corrected chi connectivity index (χ1v) is 12.6. The molecular weight excluding hydrogens is 448 g/mol. The van der Waals surface area contributed by atoms with E-state index < -0.39 is 12.1 Å². The number of fused-ring (bicyclic) bond motifs is 1. The number of aryl methyl sites for hydroxylation is 1. The summed E-state index contributed by atoms with van der Waals surface area (Å²) in [4.78, 5) is 24.6. The van der Waals surface area contributed by atoms with Crippen LogP contribution in [0.3, 0.4) is 0 Å². The van der Waals surface area contributed by atoms with Gasteiger partial charge in [0.25, 0.3) is 0 Å². The van der Waals surface area contributed by atoms with Gasteiger partial charge in [0.1, 0.15) is 6.61 Å². The monoisotopic (exact) mass is 486 g/mol. The van der Waals surface area contributed by atoms with Crippen LogP contribution in [0.5, 0.6) is 0 Å². The summed E-state index contributed by atoms with van der Waals surface area (Å²) in [7, 11) is 1.97. The fourth-order valence-corrected chi connectivity index (χ4v) is 3.86. The molecule has 5 heteroatoms. The van der Waals surface area contributed by atoms with Crippen molar-refractivity contribution >= 4 is 22.8 Å². The Bertz CT molecular complexity index is 1230. The number of benzene rings is 3. The van der Waals surface area contributed by atoms with Gasteiger partial charge in [0.15, 0.2) is 5.78 Å². The van der Waals surface area contributed by atoms with Crippen LogP contribution in [0.4, 0.5) is 4.79 Å². The quantitative estimate of drug-likeness (QED) is 0.298. The van der Waals surface area contributed by atoms with Crippen molar-refractivity contribution in [2.75, 3.05) is 0 Å². The normalized spacial score (nSPS) is 10.8. The molecule has 0 saturated heterocycles. The number of alkyl carbamates (subject to hydrolysis) is 1. The summed E-state index contributed by atoms with van der Waals surface area (Å²) in [5.41, 5.74) is 5.22. The third-order valence-electron chi connectivity index (χ3n) is 5.62. The van der Waals surface area contributed by atoms with E-state index in [1.165, 1.54) is 6.92 Å². The van der Waals surface area contributed by atoms with E-state index in [-0.39, 0.29) is 12.4 Å². The topological polar surface area (TPSA) is 60.3 Å². The number of amides is 1. The lowest BCUT2D eigenvalue weighted by molar-refractivity contribution is -0.118. The Balaban J connectivity index is 0.00000109. The Morgan fingerprint density at radius 3 is 2.06 bits per heavy atom. The van der Waals surface area contributed by atoms with Gasteiger partial charge in [-0.3, -0.25) is 4.79 Å². The predicted octanol–water partition coefficient (Wildman–Crippen LogP) is 7.32. The highest BCUT2D eigenvalue weighted by molar-refractivity contribution is 5.88. The number of ketones is 1. The second-order valence-electron chi connectivity index (χ2n) is 7.93. The highest BCUT2D eigenvalue weighted by Crippen LogP contribution is 2.22. The maximum absolute atomic E-state index is 12.4. The SMILES string of the molecule is CC.CC.CC(=O)C(Cc1cn(C)c2ccccc12)NC(=O)OCc1ccc(-c2ccccc2)cc1. The molecule has 3 aromatic carbocycles. The molecule has 1 aromatic heterocycles. The minimum atomic E-state index is -0.645. The zero-order valence-corrected chi connectivity index (χ0v) is 22.2. The molecule has 0 aliphatic rings. The van der Waals surface area contributed by atoms with E-state index in [2.05, 4.69) is 17.4 Å². The molecule has 0 radical (unpaired) electrons. The van der Waals surface area contributed by atoms with Crippen LogP contribution in [-0.4, -0.2) is 22.5 Å². The largest absolute Gasteiger partial charge is 0.445 e. The third-order valence-corrected chi connectivity index (χ3v) is 5.62. The van der Waals surface area contributed by atoms with E-state index in [0.29, 0.717) is 6.42 Å². The molecule has 1 unspecified atom stereocenters. The van der Waals surface area contributed by atoms with Crippen LogP contribution in [-0.2, 0) is 29.6 Å². The number of hydrogen-bond acceptors (Lipinski definition) is 3. The van der Waals surface area contributed by atoms with Gasteiger partial charge in [-0.2, -0.15) is 0 Å². The minimum Gasteiger partial charge on any atom is -0.445 e. The number of aromatic nitrogens is 1. The lowest BCUT2D eigenvalue weighted by atomic mass is 10.0. The number of para-hydroxylation sites is 1. The Morgan fingerprint density at radius 2 is 1.42 bits per heavy atom. The average Bonchev–Trinajstić information content (AvgIpc) is 3.25. The molecule has 0 bridgehead atoms. The fraction of sp³-hybridized carbons (Fsp3) is 0.290. The molecule has 0 spiro atoms. The van der Waals surface area contributed by atoms with Crippen LogP contribution in [0.1, 0.15) is 45.7 Å². The number of ether oxygens (including phenoxy) is 1. The Hall–Kier alpha value is -3.86. The molecule has 1 heterocycles. The molecule has 1 N–H and O–H groups in total. The second kappa shape index (κ2) is 14.5. The third kappa shape index (κ3) is 7.57. The number of nitrogens with one attached hydrogen (secondary N) is 1. The molecule has 1 atom stereocenters. The van der Waals surface area contributed by atoms with Crippen molar-refractivity contribution in [1.82, 2.24) is 9.88 Å². The zero-order valence-electron chi connectivity index (χ0n) is 22.2. The molecule has 1 amide bonds. The Labute approximate surface area is 215 Å². The van der Waals surface area contributed by atoms with Gasteiger partial charge >= 0.3 is 6.09 Å². The highest BCUT2D eigenvalue weighted by atomic mass is 16.5. The van der Waals surface area contributed by atoms with Crippen molar-refractivity contribution < 1.29 is 14.3 Å². The van der Waals surface area contributed by atoms with Crippen LogP contribution >= 0.6 is 0 Å². The highest BCUT2D eigenvalue weighted by Gasteiger charge is 2.20. The smallest absolute Gasteiger partial charge is 0.408 e. The maximum Gasteiger partial charge on any atom is 0.408 e. The fourth-order valence-electron chi connectivity index (χ4n) is 3.86. The maximum atomic E-state index is 12.4. The number of Topliss-reactive ketones (excluding diaryl/α,β-unsaturated/α-hetero) is 1.